The average Bonchev–Trinajstić information content (AvgIpc) is 2.44. The van der Waals surface area contributed by atoms with Crippen molar-refractivity contribution in [3.8, 4) is 0 Å². The Morgan fingerprint density at radius 2 is 1.81 bits per heavy atom. The molecule has 0 aromatic heterocycles. The van der Waals surface area contributed by atoms with Crippen LogP contribution in [0.3, 0.4) is 0 Å². The van der Waals surface area contributed by atoms with E-state index in [0.717, 1.165) is 25.9 Å². The van der Waals surface area contributed by atoms with Crippen molar-refractivity contribution < 1.29 is 13.2 Å². The maximum absolute atomic E-state index is 12.2. The van der Waals surface area contributed by atoms with Crippen LogP contribution in [0.5, 0.6) is 0 Å². The molecule has 126 valence electrons. The van der Waals surface area contributed by atoms with Crippen LogP contribution in [0.25, 0.3) is 0 Å². The van der Waals surface area contributed by atoms with Gasteiger partial charge in [0.05, 0.1) is 18.5 Å². The topological polar surface area (TPSA) is 75.9 Å². The molecule has 1 aliphatic rings. The summed E-state index contributed by atoms with van der Waals surface area (Å²) in [5.41, 5.74) is 5.64. The van der Waals surface area contributed by atoms with E-state index in [1.54, 1.807) is 4.31 Å². The molecule has 1 unspecified atom stereocenters. The molecule has 1 atom stereocenters. The van der Waals surface area contributed by atoms with E-state index in [-0.39, 0.29) is 18.5 Å². The van der Waals surface area contributed by atoms with Gasteiger partial charge in [-0.1, -0.05) is 6.92 Å². The van der Waals surface area contributed by atoms with Gasteiger partial charge in [-0.3, -0.25) is 4.90 Å². The van der Waals surface area contributed by atoms with Gasteiger partial charge in [-0.2, -0.15) is 4.31 Å². The molecular weight excluding hydrogens is 290 g/mol. The van der Waals surface area contributed by atoms with Crippen LogP contribution in [0.2, 0.25) is 0 Å². The molecule has 1 saturated heterocycles. The van der Waals surface area contributed by atoms with E-state index in [1.165, 1.54) is 0 Å². The third kappa shape index (κ3) is 6.20. The summed E-state index contributed by atoms with van der Waals surface area (Å²) in [6.45, 7) is 9.67. The van der Waals surface area contributed by atoms with Crippen LogP contribution in [-0.2, 0) is 14.8 Å². The smallest absolute Gasteiger partial charge is 0.216 e. The minimum absolute atomic E-state index is 0.0682. The third-order valence-corrected chi connectivity index (χ3v) is 5.78. The molecule has 7 heteroatoms. The third-order valence-electron chi connectivity index (χ3n) is 3.95. The quantitative estimate of drug-likeness (QED) is 0.669. The first-order valence-corrected chi connectivity index (χ1v) is 9.55. The highest BCUT2D eigenvalue weighted by Crippen LogP contribution is 2.14. The molecule has 0 saturated carbocycles. The van der Waals surface area contributed by atoms with Gasteiger partial charge in [0.15, 0.2) is 0 Å². The molecule has 6 nitrogen and oxygen atoms in total. The van der Waals surface area contributed by atoms with Crippen LogP contribution < -0.4 is 5.73 Å². The van der Waals surface area contributed by atoms with Gasteiger partial charge in [-0.15, -0.1) is 0 Å². The highest BCUT2D eigenvalue weighted by atomic mass is 32.2. The first kappa shape index (κ1) is 18.8. The van der Waals surface area contributed by atoms with E-state index >= 15 is 0 Å². The van der Waals surface area contributed by atoms with E-state index in [4.69, 9.17) is 10.5 Å². The second kappa shape index (κ2) is 9.05. The van der Waals surface area contributed by atoms with Gasteiger partial charge in [0.25, 0.3) is 0 Å². The summed E-state index contributed by atoms with van der Waals surface area (Å²) >= 11 is 0. The molecular formula is C14H31N3O3S. The average molecular weight is 321 g/mol. The second-order valence-corrected chi connectivity index (χ2v) is 7.90. The largest absolute Gasteiger partial charge is 0.378 e. The second-order valence-electron chi connectivity index (χ2n) is 5.81. The molecule has 1 heterocycles. The Bertz CT molecular complexity index is 379. The molecule has 0 amide bonds. The summed E-state index contributed by atoms with van der Waals surface area (Å²) < 4.78 is 31.4. The van der Waals surface area contributed by atoms with Crippen LogP contribution in [0.15, 0.2) is 0 Å². The zero-order valence-electron chi connectivity index (χ0n) is 13.6. The van der Waals surface area contributed by atoms with Crippen LogP contribution in [0.1, 0.15) is 33.6 Å². The van der Waals surface area contributed by atoms with E-state index in [9.17, 15) is 8.42 Å². The lowest BCUT2D eigenvalue weighted by molar-refractivity contribution is 0.0896. The van der Waals surface area contributed by atoms with Gasteiger partial charge >= 0.3 is 0 Å². The molecule has 0 aliphatic carbocycles. The first-order chi connectivity index (χ1) is 9.90. The normalized spacial score (nSPS) is 20.0. The summed E-state index contributed by atoms with van der Waals surface area (Å²) in [6, 6.07) is 0.476. The van der Waals surface area contributed by atoms with Crippen molar-refractivity contribution in [2.75, 3.05) is 45.1 Å². The fourth-order valence-corrected chi connectivity index (χ4v) is 3.99. The minimum Gasteiger partial charge on any atom is -0.378 e. The van der Waals surface area contributed by atoms with Crippen LogP contribution in [0, 0.1) is 0 Å². The van der Waals surface area contributed by atoms with E-state index in [2.05, 4.69) is 11.8 Å². The highest BCUT2D eigenvalue weighted by Gasteiger charge is 2.28. The molecule has 0 radical (unpaired) electrons. The lowest BCUT2D eigenvalue weighted by Crippen LogP contribution is -2.52. The van der Waals surface area contributed by atoms with Crippen molar-refractivity contribution in [1.29, 1.82) is 0 Å². The summed E-state index contributed by atoms with van der Waals surface area (Å²) in [6.07, 6.45) is 2.11. The Morgan fingerprint density at radius 3 is 2.29 bits per heavy atom. The van der Waals surface area contributed by atoms with Gasteiger partial charge in [-0.25, -0.2) is 8.42 Å². The van der Waals surface area contributed by atoms with Crippen LogP contribution in [-0.4, -0.2) is 74.9 Å². The number of hydrogen-bond donors (Lipinski definition) is 1. The standard InChI is InChI=1S/C14H31N3O3S/c1-4-14(5-6-15)16-7-9-17(10-8-16)21(18,19)12-11-20-13(2)3/h13-14H,4-12,15H2,1-3H3. The van der Waals surface area contributed by atoms with Gasteiger partial charge in [0, 0.05) is 32.2 Å². The van der Waals surface area contributed by atoms with E-state index < -0.39 is 10.0 Å². The van der Waals surface area contributed by atoms with Crippen LogP contribution in [0.4, 0.5) is 0 Å². The van der Waals surface area contributed by atoms with Gasteiger partial charge < -0.3 is 10.5 Å². The van der Waals surface area contributed by atoms with Gasteiger partial charge in [-0.05, 0) is 33.2 Å². The maximum Gasteiger partial charge on any atom is 0.216 e. The van der Waals surface area contributed by atoms with Gasteiger partial charge in [0.1, 0.15) is 0 Å². The molecule has 1 rings (SSSR count). The van der Waals surface area contributed by atoms with Crippen molar-refractivity contribution >= 4 is 10.0 Å². The fraction of sp³-hybridized carbons (Fsp3) is 1.00. The first-order valence-electron chi connectivity index (χ1n) is 7.94. The molecule has 0 aromatic carbocycles. The van der Waals surface area contributed by atoms with Crippen molar-refractivity contribution in [2.45, 2.75) is 45.8 Å². The molecule has 2 N–H and O–H groups in total. The number of ether oxygens (including phenoxy) is 1. The predicted octanol–water partition coefficient (Wildman–Crippen LogP) is 0.486. The van der Waals surface area contributed by atoms with Gasteiger partial charge in [0.2, 0.25) is 10.0 Å². The number of hydrogen-bond acceptors (Lipinski definition) is 5. The summed E-state index contributed by atoms with van der Waals surface area (Å²) in [5.74, 6) is 0.0746. The Labute approximate surface area is 129 Å². The maximum atomic E-state index is 12.2. The Balaban J connectivity index is 2.44. The van der Waals surface area contributed by atoms with Crippen molar-refractivity contribution in [2.24, 2.45) is 5.73 Å². The minimum atomic E-state index is -3.19. The summed E-state index contributed by atoms with van der Waals surface area (Å²) in [7, 11) is -3.19. The van der Waals surface area contributed by atoms with Crippen molar-refractivity contribution in [3.63, 3.8) is 0 Å². The summed E-state index contributed by atoms with van der Waals surface area (Å²) in [5, 5.41) is 0. The Kier molecular flexibility index (Phi) is 8.12. The molecule has 1 fully saturated rings. The summed E-state index contributed by atoms with van der Waals surface area (Å²) in [4.78, 5) is 2.36. The monoisotopic (exact) mass is 321 g/mol. The molecule has 0 aromatic rings. The SMILES string of the molecule is CCC(CCN)N1CCN(S(=O)(=O)CCOC(C)C)CC1. The zero-order valence-corrected chi connectivity index (χ0v) is 14.4. The van der Waals surface area contributed by atoms with E-state index in [0.29, 0.717) is 25.7 Å². The Hall–Kier alpha value is -0.210. The number of nitrogens with zero attached hydrogens (tertiary/aromatic N) is 2. The number of rotatable bonds is 9. The zero-order chi connectivity index (χ0) is 15.9. The van der Waals surface area contributed by atoms with Crippen molar-refractivity contribution in [3.05, 3.63) is 0 Å². The molecule has 0 spiro atoms. The number of nitrogens with two attached hydrogens (primary N) is 1. The fourth-order valence-electron chi connectivity index (χ4n) is 2.70. The molecule has 0 bridgehead atoms. The lowest BCUT2D eigenvalue weighted by atomic mass is 10.1. The lowest BCUT2D eigenvalue weighted by Gasteiger charge is -2.38. The molecule has 21 heavy (non-hydrogen) atoms. The van der Waals surface area contributed by atoms with E-state index in [1.807, 2.05) is 13.8 Å². The van der Waals surface area contributed by atoms with Crippen molar-refractivity contribution in [1.82, 2.24) is 9.21 Å². The van der Waals surface area contributed by atoms with Crippen LogP contribution >= 0.6 is 0 Å². The molecule has 1 aliphatic heterocycles. The number of sulfonamides is 1. The predicted molar refractivity (Wildman–Crippen MR) is 85.8 cm³/mol. The number of piperazine rings is 1. The highest BCUT2D eigenvalue weighted by molar-refractivity contribution is 7.89. The Morgan fingerprint density at radius 1 is 1.19 bits per heavy atom.